The highest BCUT2D eigenvalue weighted by Gasteiger charge is 2.25. The smallest absolute Gasteiger partial charge is 0.103 e. The number of benzene rings is 1. The zero-order valence-corrected chi connectivity index (χ0v) is 8.80. The predicted molar refractivity (Wildman–Crippen MR) is 56.1 cm³/mol. The maximum atomic E-state index is 10.1. The second-order valence-corrected chi connectivity index (χ2v) is 3.65. The number of halogens is 1. The Kier molecular flexibility index (Phi) is 3.34. The van der Waals surface area contributed by atoms with Gasteiger partial charge < -0.3 is 5.11 Å². The molecule has 0 aliphatic heterocycles. The molecule has 0 heterocycles. The van der Waals surface area contributed by atoms with Crippen LogP contribution in [0.5, 0.6) is 0 Å². The first-order valence-corrected chi connectivity index (χ1v) is 5.01. The lowest BCUT2D eigenvalue weighted by Crippen LogP contribution is -2.26. The molecular weight excluding hydrogens is 184 g/mol. The van der Waals surface area contributed by atoms with E-state index in [1.807, 2.05) is 38.1 Å². The molecule has 0 aromatic heterocycles. The Morgan fingerprint density at radius 1 is 1.31 bits per heavy atom. The standard InChI is InChI=1S/C11H15ClO/c1-3-11(13,8-12)10-6-4-9(2)5-7-10/h4-7,13H,3,8H2,1-2H3. The minimum Gasteiger partial charge on any atom is -0.384 e. The molecule has 13 heavy (non-hydrogen) atoms. The first kappa shape index (κ1) is 10.6. The van der Waals surface area contributed by atoms with Gasteiger partial charge in [-0.2, -0.15) is 0 Å². The van der Waals surface area contributed by atoms with E-state index >= 15 is 0 Å². The van der Waals surface area contributed by atoms with Crippen molar-refractivity contribution in [3.63, 3.8) is 0 Å². The molecule has 1 nitrogen and oxygen atoms in total. The molecule has 0 saturated heterocycles. The average Bonchev–Trinajstić information content (AvgIpc) is 2.18. The highest BCUT2D eigenvalue weighted by Crippen LogP contribution is 2.26. The van der Waals surface area contributed by atoms with Crippen LogP contribution in [0.2, 0.25) is 0 Å². The molecule has 1 atom stereocenters. The summed E-state index contributed by atoms with van der Waals surface area (Å²) in [5, 5.41) is 10.1. The lowest BCUT2D eigenvalue weighted by Gasteiger charge is -2.24. The normalized spacial score (nSPS) is 15.4. The Hall–Kier alpha value is -0.530. The molecule has 1 aromatic carbocycles. The minimum atomic E-state index is -0.866. The molecule has 0 saturated carbocycles. The van der Waals surface area contributed by atoms with Crippen molar-refractivity contribution in [2.24, 2.45) is 0 Å². The summed E-state index contributed by atoms with van der Waals surface area (Å²) in [7, 11) is 0. The lowest BCUT2D eigenvalue weighted by molar-refractivity contribution is 0.0569. The molecule has 1 rings (SSSR count). The fourth-order valence-electron chi connectivity index (χ4n) is 1.24. The summed E-state index contributed by atoms with van der Waals surface area (Å²) in [4.78, 5) is 0. The van der Waals surface area contributed by atoms with Crippen LogP contribution in [0.1, 0.15) is 24.5 Å². The molecule has 0 fully saturated rings. The van der Waals surface area contributed by atoms with E-state index in [9.17, 15) is 5.11 Å². The predicted octanol–water partition coefficient (Wildman–Crippen LogP) is 2.83. The summed E-state index contributed by atoms with van der Waals surface area (Å²) in [6, 6.07) is 7.84. The molecular formula is C11H15ClO. The van der Waals surface area contributed by atoms with Crippen LogP contribution >= 0.6 is 11.6 Å². The molecule has 0 amide bonds. The van der Waals surface area contributed by atoms with Crippen molar-refractivity contribution in [2.45, 2.75) is 25.9 Å². The van der Waals surface area contributed by atoms with E-state index in [0.717, 1.165) is 5.56 Å². The van der Waals surface area contributed by atoms with Crippen LogP contribution in [-0.4, -0.2) is 11.0 Å². The third kappa shape index (κ3) is 2.23. The zero-order valence-electron chi connectivity index (χ0n) is 8.05. The number of hydrogen-bond acceptors (Lipinski definition) is 1. The van der Waals surface area contributed by atoms with Gasteiger partial charge >= 0.3 is 0 Å². The van der Waals surface area contributed by atoms with Gasteiger partial charge in [0.2, 0.25) is 0 Å². The molecule has 1 aromatic rings. The van der Waals surface area contributed by atoms with Crippen LogP contribution in [0, 0.1) is 6.92 Å². The van der Waals surface area contributed by atoms with Crippen LogP contribution in [0.3, 0.4) is 0 Å². The molecule has 0 aliphatic carbocycles. The van der Waals surface area contributed by atoms with Crippen molar-refractivity contribution in [3.8, 4) is 0 Å². The number of alkyl halides is 1. The van der Waals surface area contributed by atoms with Gasteiger partial charge in [-0.15, -0.1) is 11.6 Å². The second-order valence-electron chi connectivity index (χ2n) is 3.38. The molecule has 0 radical (unpaired) electrons. The molecule has 1 unspecified atom stereocenters. The van der Waals surface area contributed by atoms with Crippen molar-refractivity contribution < 1.29 is 5.11 Å². The zero-order chi connectivity index (χ0) is 9.90. The fourth-order valence-corrected chi connectivity index (χ4v) is 1.58. The van der Waals surface area contributed by atoms with Crippen molar-refractivity contribution >= 4 is 11.6 Å². The van der Waals surface area contributed by atoms with E-state index in [1.165, 1.54) is 5.56 Å². The fraction of sp³-hybridized carbons (Fsp3) is 0.455. The van der Waals surface area contributed by atoms with E-state index in [1.54, 1.807) is 0 Å². The summed E-state index contributed by atoms with van der Waals surface area (Å²) in [6.07, 6.45) is 0.638. The maximum Gasteiger partial charge on any atom is 0.103 e. The van der Waals surface area contributed by atoms with Gasteiger partial charge in [-0.25, -0.2) is 0 Å². The SMILES string of the molecule is CCC(O)(CCl)c1ccc(C)cc1. The molecule has 0 spiro atoms. The summed E-state index contributed by atoms with van der Waals surface area (Å²) in [5.41, 5.74) is 1.22. The molecule has 0 bridgehead atoms. The van der Waals surface area contributed by atoms with Crippen LogP contribution < -0.4 is 0 Å². The highest BCUT2D eigenvalue weighted by molar-refractivity contribution is 6.18. The van der Waals surface area contributed by atoms with Crippen molar-refractivity contribution in [2.75, 3.05) is 5.88 Å². The number of aliphatic hydroxyl groups is 1. The average molecular weight is 199 g/mol. The Balaban J connectivity index is 2.99. The Labute approximate surface area is 84.4 Å². The summed E-state index contributed by atoms with van der Waals surface area (Å²) < 4.78 is 0. The largest absolute Gasteiger partial charge is 0.384 e. The van der Waals surface area contributed by atoms with Crippen LogP contribution in [0.4, 0.5) is 0 Å². The minimum absolute atomic E-state index is 0.243. The first-order chi connectivity index (χ1) is 6.12. The molecule has 72 valence electrons. The van der Waals surface area contributed by atoms with Crippen LogP contribution in [0.25, 0.3) is 0 Å². The Morgan fingerprint density at radius 3 is 2.23 bits per heavy atom. The van der Waals surface area contributed by atoms with Gasteiger partial charge in [0, 0.05) is 0 Å². The Bertz CT molecular complexity index is 262. The molecule has 2 heteroatoms. The van der Waals surface area contributed by atoms with Gasteiger partial charge in [-0.3, -0.25) is 0 Å². The van der Waals surface area contributed by atoms with Crippen LogP contribution in [0.15, 0.2) is 24.3 Å². The van der Waals surface area contributed by atoms with Gasteiger partial charge in [-0.1, -0.05) is 36.8 Å². The van der Waals surface area contributed by atoms with E-state index < -0.39 is 5.60 Å². The van der Waals surface area contributed by atoms with E-state index in [0.29, 0.717) is 6.42 Å². The van der Waals surface area contributed by atoms with Gasteiger partial charge in [0.1, 0.15) is 5.60 Å². The topological polar surface area (TPSA) is 20.2 Å². The molecule has 0 aliphatic rings. The van der Waals surface area contributed by atoms with Gasteiger partial charge in [0.15, 0.2) is 0 Å². The third-order valence-corrected chi connectivity index (χ3v) is 2.84. The van der Waals surface area contributed by atoms with Crippen molar-refractivity contribution in [3.05, 3.63) is 35.4 Å². The van der Waals surface area contributed by atoms with E-state index in [2.05, 4.69) is 0 Å². The second kappa shape index (κ2) is 4.12. The lowest BCUT2D eigenvalue weighted by atomic mass is 9.93. The highest BCUT2D eigenvalue weighted by atomic mass is 35.5. The number of rotatable bonds is 3. The first-order valence-electron chi connectivity index (χ1n) is 4.48. The van der Waals surface area contributed by atoms with E-state index in [-0.39, 0.29) is 5.88 Å². The maximum absolute atomic E-state index is 10.1. The molecule has 1 N–H and O–H groups in total. The Morgan fingerprint density at radius 2 is 1.85 bits per heavy atom. The van der Waals surface area contributed by atoms with Crippen LogP contribution in [-0.2, 0) is 5.60 Å². The number of hydrogen-bond donors (Lipinski definition) is 1. The third-order valence-electron chi connectivity index (χ3n) is 2.39. The summed E-state index contributed by atoms with van der Waals surface area (Å²) in [5.74, 6) is 0.243. The van der Waals surface area contributed by atoms with Crippen molar-refractivity contribution in [1.29, 1.82) is 0 Å². The van der Waals surface area contributed by atoms with Gasteiger partial charge in [0.05, 0.1) is 5.88 Å². The van der Waals surface area contributed by atoms with Gasteiger partial charge in [0.25, 0.3) is 0 Å². The monoisotopic (exact) mass is 198 g/mol. The number of aryl methyl sites for hydroxylation is 1. The van der Waals surface area contributed by atoms with E-state index in [4.69, 9.17) is 11.6 Å². The summed E-state index contributed by atoms with van der Waals surface area (Å²) in [6.45, 7) is 3.96. The quantitative estimate of drug-likeness (QED) is 0.741. The van der Waals surface area contributed by atoms with Gasteiger partial charge in [-0.05, 0) is 18.9 Å². The van der Waals surface area contributed by atoms with Crippen molar-refractivity contribution in [1.82, 2.24) is 0 Å². The summed E-state index contributed by atoms with van der Waals surface area (Å²) >= 11 is 5.73.